The number of hydrogen-bond acceptors (Lipinski definition) is 12. The fourth-order valence-electron chi connectivity index (χ4n) is 6.32. The average molecular weight is 720 g/mol. The van der Waals surface area contributed by atoms with Gasteiger partial charge in [0.15, 0.2) is 8.32 Å². The van der Waals surface area contributed by atoms with Crippen molar-refractivity contribution in [2.45, 2.75) is 115 Å². The van der Waals surface area contributed by atoms with Gasteiger partial charge in [0.25, 0.3) is 0 Å². The van der Waals surface area contributed by atoms with Gasteiger partial charge in [0.05, 0.1) is 19.7 Å². The minimum atomic E-state index is -3.02. The summed E-state index contributed by atoms with van der Waals surface area (Å²) in [5.41, 5.74) is 2.33. The smallest absolute Gasteiger partial charge is 0.338 e. The van der Waals surface area contributed by atoms with Crippen LogP contribution >= 0.6 is 0 Å². The Morgan fingerprint density at radius 1 is 0.680 bits per heavy atom. The van der Waals surface area contributed by atoms with Crippen LogP contribution in [0.4, 0.5) is 29.2 Å². The highest BCUT2D eigenvalue weighted by atomic mass is 28.4. The molecule has 2 fully saturated rings. The summed E-state index contributed by atoms with van der Waals surface area (Å²) in [6.45, 7) is 8.32. The number of aromatic nitrogens is 3. The molecule has 2 saturated carbocycles. The first-order valence-corrected chi connectivity index (χ1v) is 23.9. The van der Waals surface area contributed by atoms with E-state index in [0.29, 0.717) is 47.5 Å². The maximum absolute atomic E-state index is 13.0. The average Bonchev–Trinajstić information content (AvgIpc) is 3.07. The third-order valence-corrected chi connectivity index (χ3v) is 14.1. The number of esters is 2. The van der Waals surface area contributed by atoms with E-state index in [1.807, 2.05) is 19.6 Å². The second-order valence-electron chi connectivity index (χ2n) is 14.4. The van der Waals surface area contributed by atoms with E-state index in [0.717, 1.165) is 51.4 Å². The van der Waals surface area contributed by atoms with E-state index >= 15 is 0 Å². The summed E-state index contributed by atoms with van der Waals surface area (Å²) in [5, 5.41) is 9.65. The number of ether oxygens (including phenoxy) is 2. The first-order valence-electron chi connectivity index (χ1n) is 18.0. The van der Waals surface area contributed by atoms with Crippen molar-refractivity contribution in [1.82, 2.24) is 15.0 Å². The molecule has 0 amide bonds. The lowest BCUT2D eigenvalue weighted by molar-refractivity contribution is -0.230. The van der Waals surface area contributed by atoms with E-state index in [2.05, 4.69) is 30.9 Å². The third-order valence-electron chi connectivity index (χ3n) is 8.65. The van der Waals surface area contributed by atoms with Crippen molar-refractivity contribution in [3.8, 4) is 0 Å². The SMILES string of the molecule is C[Si](C)(C)O[Si](C)([O-])CCCNc1nc(Nc2ccc(C(=O)OC3CCCCC3)cc2)nc(Nc2ccc(C(=O)OC3CCCCC3)cc2)n1. The monoisotopic (exact) mass is 719 g/mol. The van der Waals surface area contributed by atoms with Crippen LogP contribution in [0.1, 0.15) is 91.3 Å². The summed E-state index contributed by atoms with van der Waals surface area (Å²) in [4.78, 5) is 52.1. The highest BCUT2D eigenvalue weighted by Crippen LogP contribution is 2.25. The van der Waals surface area contributed by atoms with Crippen molar-refractivity contribution in [2.75, 3.05) is 22.5 Å². The molecular weight excluding hydrogens is 669 g/mol. The van der Waals surface area contributed by atoms with Crippen LogP contribution in [-0.2, 0) is 13.6 Å². The molecule has 2 aliphatic carbocycles. The predicted octanol–water partition coefficient (Wildman–Crippen LogP) is 7.42. The largest absolute Gasteiger partial charge is 0.839 e. The number of carbonyl (C=O) groups is 2. The van der Waals surface area contributed by atoms with Crippen LogP contribution in [0.3, 0.4) is 0 Å². The molecule has 270 valence electrons. The summed E-state index contributed by atoms with van der Waals surface area (Å²) in [6.07, 6.45) is 11.0. The quantitative estimate of drug-likeness (QED) is 0.0812. The van der Waals surface area contributed by atoms with E-state index in [-0.39, 0.29) is 36.0 Å². The molecule has 2 aromatic carbocycles. The Morgan fingerprint density at radius 3 is 1.52 bits per heavy atom. The van der Waals surface area contributed by atoms with Gasteiger partial charge in [0, 0.05) is 17.9 Å². The van der Waals surface area contributed by atoms with Gasteiger partial charge in [0.2, 0.25) is 17.8 Å². The molecule has 0 spiro atoms. The lowest BCUT2D eigenvalue weighted by Crippen LogP contribution is -2.55. The molecular formula is C36H51N6O6Si2-. The van der Waals surface area contributed by atoms with Crippen LogP contribution in [0.15, 0.2) is 48.5 Å². The zero-order valence-corrected chi connectivity index (χ0v) is 31.8. The van der Waals surface area contributed by atoms with Gasteiger partial charge in [-0.1, -0.05) is 19.4 Å². The number of nitrogens with one attached hydrogen (secondary N) is 3. The number of carbonyl (C=O) groups excluding carboxylic acids is 2. The Hall–Kier alpha value is -3.86. The molecule has 3 N–H and O–H groups in total. The van der Waals surface area contributed by atoms with E-state index in [1.165, 1.54) is 12.8 Å². The lowest BCUT2D eigenvalue weighted by Gasteiger charge is -2.40. The van der Waals surface area contributed by atoms with Gasteiger partial charge in [-0.25, -0.2) is 9.59 Å². The summed E-state index contributed by atoms with van der Waals surface area (Å²) in [5.74, 6) is 0.246. The number of rotatable bonds is 15. The Bertz CT molecular complexity index is 1460. The van der Waals surface area contributed by atoms with Gasteiger partial charge in [0.1, 0.15) is 12.2 Å². The van der Waals surface area contributed by atoms with E-state index in [9.17, 15) is 14.4 Å². The second-order valence-corrected chi connectivity index (χ2v) is 22.2. The zero-order valence-electron chi connectivity index (χ0n) is 29.8. The summed E-state index contributed by atoms with van der Waals surface area (Å²) in [6, 6.07) is 14.5. The highest BCUT2D eigenvalue weighted by Gasteiger charge is 2.23. The first kappa shape index (κ1) is 37.4. The summed E-state index contributed by atoms with van der Waals surface area (Å²) < 4.78 is 17.4. The maximum Gasteiger partial charge on any atom is 0.338 e. The Kier molecular flexibility index (Phi) is 13.0. The van der Waals surface area contributed by atoms with Crippen molar-refractivity contribution in [3.63, 3.8) is 0 Å². The van der Waals surface area contributed by atoms with Gasteiger partial charge in [-0.3, -0.25) is 0 Å². The van der Waals surface area contributed by atoms with Crippen LogP contribution < -0.4 is 20.7 Å². The lowest BCUT2D eigenvalue weighted by atomic mass is 9.98. The molecule has 5 rings (SSSR count). The van der Waals surface area contributed by atoms with Gasteiger partial charge in [-0.2, -0.15) is 15.0 Å². The Labute approximate surface area is 297 Å². The molecule has 1 unspecified atom stereocenters. The molecule has 3 aromatic rings. The molecule has 12 nitrogen and oxygen atoms in total. The molecule has 0 aliphatic heterocycles. The minimum Gasteiger partial charge on any atom is -0.839 e. The molecule has 1 atom stereocenters. The summed E-state index contributed by atoms with van der Waals surface area (Å²) >= 11 is 0. The van der Waals surface area contributed by atoms with Crippen molar-refractivity contribution >= 4 is 58.0 Å². The normalized spacial score (nSPS) is 17.0. The third kappa shape index (κ3) is 12.2. The molecule has 14 heteroatoms. The number of hydrogen-bond donors (Lipinski definition) is 3. The van der Waals surface area contributed by atoms with Crippen LogP contribution in [0.25, 0.3) is 0 Å². The predicted molar refractivity (Wildman–Crippen MR) is 198 cm³/mol. The molecule has 1 heterocycles. The Morgan fingerprint density at radius 2 is 1.10 bits per heavy atom. The van der Waals surface area contributed by atoms with Crippen molar-refractivity contribution in [2.24, 2.45) is 0 Å². The molecule has 0 radical (unpaired) electrons. The van der Waals surface area contributed by atoms with Gasteiger partial charge in [-0.05, 0) is 132 Å². The van der Waals surface area contributed by atoms with Crippen molar-refractivity contribution in [1.29, 1.82) is 0 Å². The number of benzene rings is 2. The topological polar surface area (TPSA) is 160 Å². The second kappa shape index (κ2) is 17.4. The maximum atomic E-state index is 13.0. The highest BCUT2D eigenvalue weighted by molar-refractivity contribution is 6.80. The van der Waals surface area contributed by atoms with Crippen LogP contribution in [0, 0.1) is 0 Å². The van der Waals surface area contributed by atoms with Crippen molar-refractivity contribution < 1.29 is 28.0 Å². The van der Waals surface area contributed by atoms with Gasteiger partial charge in [-0.15, -0.1) is 0 Å². The summed E-state index contributed by atoms with van der Waals surface area (Å²) in [7, 11) is -4.94. The first-order chi connectivity index (χ1) is 23.9. The minimum absolute atomic E-state index is 0.0136. The zero-order chi connectivity index (χ0) is 35.6. The van der Waals surface area contributed by atoms with E-state index in [4.69, 9.17) is 13.6 Å². The fraction of sp³-hybridized carbons (Fsp3) is 0.528. The van der Waals surface area contributed by atoms with Crippen LogP contribution in [0.5, 0.6) is 0 Å². The Balaban J connectivity index is 1.25. The molecule has 0 saturated heterocycles. The van der Waals surface area contributed by atoms with E-state index in [1.54, 1.807) is 55.1 Å². The number of nitrogens with zero attached hydrogens (tertiary/aromatic N) is 3. The standard InChI is InChI=1S/C36H51N6O6Si2/c1-49(2,3)48-50(4,45)25-11-24-37-34-40-35(38-28-20-16-26(17-21-28)32(43)46-30-12-7-5-8-13-30)42-36(41-34)39-29-22-18-27(19-23-29)33(44)47-31-14-9-6-10-15-31/h16-23,30-31H,5-15,24-25H2,1-4H3,(H3,37,38,39,40,41,42)/q-1. The molecule has 2 aliphatic rings. The van der Waals surface area contributed by atoms with Crippen molar-refractivity contribution in [3.05, 3.63) is 59.7 Å². The fourth-order valence-corrected chi connectivity index (χ4v) is 12.7. The molecule has 1 aromatic heterocycles. The molecule has 0 bridgehead atoms. The van der Waals surface area contributed by atoms with Crippen LogP contribution in [-0.4, -0.2) is 62.5 Å². The van der Waals surface area contributed by atoms with Gasteiger partial charge < -0.3 is 34.3 Å². The number of anilines is 5. The van der Waals surface area contributed by atoms with Gasteiger partial charge >= 0.3 is 11.9 Å². The molecule has 50 heavy (non-hydrogen) atoms. The van der Waals surface area contributed by atoms with Crippen LogP contribution in [0.2, 0.25) is 32.2 Å². The van der Waals surface area contributed by atoms with E-state index < -0.39 is 16.9 Å².